The van der Waals surface area contributed by atoms with Crippen molar-refractivity contribution in [1.82, 2.24) is 0 Å². The van der Waals surface area contributed by atoms with Crippen LogP contribution < -0.4 is 0 Å². The molecule has 0 aromatic heterocycles. The zero-order chi connectivity index (χ0) is 15.3. The second-order valence-electron chi connectivity index (χ2n) is 6.35. The van der Waals surface area contributed by atoms with Gasteiger partial charge in [0.1, 0.15) is 25.7 Å². The lowest BCUT2D eigenvalue weighted by molar-refractivity contribution is -1.11. The second kappa shape index (κ2) is 12.6. The van der Waals surface area contributed by atoms with E-state index in [1.165, 1.54) is 77.4 Å². The summed E-state index contributed by atoms with van der Waals surface area (Å²) in [5.74, 6) is 0. The molecule has 0 heterocycles. The van der Waals surface area contributed by atoms with Crippen LogP contribution in [0.25, 0.3) is 0 Å². The van der Waals surface area contributed by atoms with Gasteiger partial charge in [-0.15, -0.1) is 0 Å². The highest BCUT2D eigenvalue weighted by Gasteiger charge is 2.30. The van der Waals surface area contributed by atoms with Crippen LogP contribution in [0.5, 0.6) is 0 Å². The van der Waals surface area contributed by atoms with E-state index in [1.807, 2.05) is 0 Å². The van der Waals surface area contributed by atoms with Crippen molar-refractivity contribution in [3.8, 4) is 0 Å². The van der Waals surface area contributed by atoms with Gasteiger partial charge in [-0.25, -0.2) is 0 Å². The molecule has 0 amide bonds. The first-order valence-electron chi connectivity index (χ1n) is 9.18. The largest absolute Gasteiger partial charge is 0.200 e. The fourth-order valence-electron chi connectivity index (χ4n) is 2.76. The van der Waals surface area contributed by atoms with Gasteiger partial charge in [0.2, 0.25) is 0 Å². The van der Waals surface area contributed by atoms with Crippen molar-refractivity contribution in [2.75, 3.05) is 19.6 Å². The molecule has 1 atom stereocenters. The van der Waals surface area contributed by atoms with Crippen molar-refractivity contribution in [3.05, 3.63) is 0 Å². The summed E-state index contributed by atoms with van der Waals surface area (Å²) in [7, 11) is 0. The molecule has 0 saturated carbocycles. The van der Waals surface area contributed by atoms with Gasteiger partial charge in [0.25, 0.3) is 0 Å². The molecular formula is C18H40NO+. The Hall–Kier alpha value is -0.0800. The van der Waals surface area contributed by atoms with E-state index in [0.29, 0.717) is 6.10 Å². The molecule has 0 fully saturated rings. The maximum atomic E-state index is 6.58. The summed E-state index contributed by atoms with van der Waals surface area (Å²) in [6.45, 7) is 15.0. The van der Waals surface area contributed by atoms with Crippen LogP contribution in [0, 0.1) is 0 Å². The van der Waals surface area contributed by atoms with Crippen LogP contribution in [0.1, 0.15) is 92.4 Å². The highest BCUT2D eigenvalue weighted by atomic mass is 16.7. The normalized spacial score (nSPS) is 13.7. The molecule has 2 heteroatoms. The number of hydroxylamine groups is 3. The molecule has 0 aliphatic heterocycles. The minimum absolute atomic E-state index is 0.403. The molecule has 0 aliphatic carbocycles. The quantitative estimate of drug-likeness (QED) is 0.293. The first-order chi connectivity index (χ1) is 9.64. The summed E-state index contributed by atoms with van der Waals surface area (Å²) in [5, 5.41) is 0. The summed E-state index contributed by atoms with van der Waals surface area (Å²) in [5.41, 5.74) is 0. The van der Waals surface area contributed by atoms with Crippen LogP contribution in [0.2, 0.25) is 0 Å². The van der Waals surface area contributed by atoms with Crippen molar-refractivity contribution in [2.24, 2.45) is 0 Å². The van der Waals surface area contributed by atoms with Gasteiger partial charge in [-0.1, -0.05) is 59.8 Å². The maximum Gasteiger partial charge on any atom is 0.114 e. The van der Waals surface area contributed by atoms with Gasteiger partial charge in [-0.3, -0.25) is 0 Å². The van der Waals surface area contributed by atoms with Crippen molar-refractivity contribution in [1.29, 1.82) is 0 Å². The van der Waals surface area contributed by atoms with E-state index in [-0.39, 0.29) is 0 Å². The molecule has 0 aliphatic rings. The molecule has 0 aromatic rings. The Kier molecular flexibility index (Phi) is 12.6. The minimum Gasteiger partial charge on any atom is -0.200 e. The van der Waals surface area contributed by atoms with E-state index in [0.717, 1.165) is 4.65 Å². The summed E-state index contributed by atoms with van der Waals surface area (Å²) < 4.78 is 0.917. The molecule has 0 N–H and O–H groups in total. The van der Waals surface area contributed by atoms with Crippen LogP contribution in [-0.4, -0.2) is 30.4 Å². The van der Waals surface area contributed by atoms with Crippen LogP contribution in [-0.2, 0) is 4.84 Å². The molecule has 0 spiro atoms. The van der Waals surface area contributed by atoms with Crippen LogP contribution in [0.3, 0.4) is 0 Å². The zero-order valence-electron chi connectivity index (χ0n) is 14.9. The molecule has 122 valence electrons. The Morgan fingerprint density at radius 1 is 0.700 bits per heavy atom. The Morgan fingerprint density at radius 2 is 1.10 bits per heavy atom. The molecular weight excluding hydrogens is 246 g/mol. The van der Waals surface area contributed by atoms with Crippen molar-refractivity contribution < 1.29 is 9.48 Å². The fourth-order valence-corrected chi connectivity index (χ4v) is 2.76. The SMILES string of the molecule is CCCCC(C)O[N+](CCCC)(CCCC)CCCC. The number of rotatable bonds is 14. The van der Waals surface area contributed by atoms with E-state index >= 15 is 0 Å². The first kappa shape index (κ1) is 19.9. The standard InChI is InChI=1S/C18H40NO/c1-6-10-14-18(5)20-19(15-11-7-2,16-12-8-3)17-13-9-4/h18H,6-17H2,1-5H3/q+1. The Morgan fingerprint density at radius 3 is 1.45 bits per heavy atom. The van der Waals surface area contributed by atoms with Gasteiger partial charge in [0.05, 0.1) is 0 Å². The van der Waals surface area contributed by atoms with Gasteiger partial charge in [0.15, 0.2) is 0 Å². The number of quaternary nitrogens is 1. The number of nitrogens with zero attached hydrogens (tertiary/aromatic N) is 1. The van der Waals surface area contributed by atoms with Gasteiger partial charge < -0.3 is 0 Å². The molecule has 0 saturated heterocycles. The zero-order valence-corrected chi connectivity index (χ0v) is 14.9. The van der Waals surface area contributed by atoms with Crippen molar-refractivity contribution in [3.63, 3.8) is 0 Å². The third kappa shape index (κ3) is 8.97. The lowest BCUT2D eigenvalue weighted by Crippen LogP contribution is -2.51. The summed E-state index contributed by atoms with van der Waals surface area (Å²) in [4.78, 5) is 6.58. The lowest BCUT2D eigenvalue weighted by Gasteiger charge is -2.38. The lowest BCUT2D eigenvalue weighted by atomic mass is 10.2. The average Bonchev–Trinajstić information content (AvgIpc) is 2.46. The molecule has 0 bridgehead atoms. The third-order valence-corrected chi connectivity index (χ3v) is 4.13. The Labute approximate surface area is 128 Å². The average molecular weight is 287 g/mol. The van der Waals surface area contributed by atoms with E-state index in [4.69, 9.17) is 4.84 Å². The molecule has 1 unspecified atom stereocenters. The van der Waals surface area contributed by atoms with Crippen LogP contribution in [0.4, 0.5) is 0 Å². The highest BCUT2D eigenvalue weighted by Crippen LogP contribution is 2.20. The number of hydrogen-bond acceptors (Lipinski definition) is 1. The Balaban J connectivity index is 4.64. The second-order valence-corrected chi connectivity index (χ2v) is 6.35. The minimum atomic E-state index is 0.403. The maximum absolute atomic E-state index is 6.58. The first-order valence-corrected chi connectivity index (χ1v) is 9.18. The fraction of sp³-hybridized carbons (Fsp3) is 1.00. The smallest absolute Gasteiger partial charge is 0.114 e. The summed E-state index contributed by atoms with van der Waals surface area (Å²) in [6, 6.07) is 0. The van der Waals surface area contributed by atoms with E-state index in [1.54, 1.807) is 0 Å². The topological polar surface area (TPSA) is 9.23 Å². The number of unbranched alkanes of at least 4 members (excludes halogenated alkanes) is 4. The summed E-state index contributed by atoms with van der Waals surface area (Å²) in [6.07, 6.45) is 11.8. The molecule has 2 nitrogen and oxygen atoms in total. The summed E-state index contributed by atoms with van der Waals surface area (Å²) >= 11 is 0. The van der Waals surface area contributed by atoms with Crippen molar-refractivity contribution in [2.45, 2.75) is 98.5 Å². The van der Waals surface area contributed by atoms with Gasteiger partial charge in [-0.2, -0.15) is 9.48 Å². The molecule has 0 radical (unpaired) electrons. The van der Waals surface area contributed by atoms with Gasteiger partial charge in [-0.05, 0) is 32.6 Å². The monoisotopic (exact) mass is 286 g/mol. The highest BCUT2D eigenvalue weighted by molar-refractivity contribution is 4.49. The van der Waals surface area contributed by atoms with E-state index in [2.05, 4.69) is 34.6 Å². The van der Waals surface area contributed by atoms with Crippen molar-refractivity contribution >= 4 is 0 Å². The van der Waals surface area contributed by atoms with E-state index < -0.39 is 0 Å². The van der Waals surface area contributed by atoms with Crippen LogP contribution in [0.15, 0.2) is 0 Å². The number of hydrogen-bond donors (Lipinski definition) is 0. The predicted octanol–water partition coefficient (Wildman–Crippen LogP) is 5.71. The molecule has 20 heavy (non-hydrogen) atoms. The van der Waals surface area contributed by atoms with E-state index in [9.17, 15) is 0 Å². The predicted molar refractivity (Wildman–Crippen MR) is 89.7 cm³/mol. The third-order valence-electron chi connectivity index (χ3n) is 4.13. The molecule has 0 aromatic carbocycles. The molecule has 0 rings (SSSR count). The Bertz CT molecular complexity index is 184. The van der Waals surface area contributed by atoms with Crippen LogP contribution >= 0.6 is 0 Å². The van der Waals surface area contributed by atoms with Gasteiger partial charge >= 0.3 is 0 Å². The van der Waals surface area contributed by atoms with Gasteiger partial charge in [0, 0.05) is 0 Å².